The summed E-state index contributed by atoms with van der Waals surface area (Å²) in [5.74, 6) is 2.68. The number of benzene rings is 1. The van der Waals surface area contributed by atoms with Gasteiger partial charge in [0.2, 0.25) is 0 Å². The van der Waals surface area contributed by atoms with E-state index in [2.05, 4.69) is 21.9 Å². The van der Waals surface area contributed by atoms with Crippen LogP contribution in [0.5, 0.6) is 5.75 Å². The van der Waals surface area contributed by atoms with E-state index in [0.717, 1.165) is 32.4 Å². The molecule has 1 saturated heterocycles. The molecule has 0 unspecified atom stereocenters. The summed E-state index contributed by atoms with van der Waals surface area (Å²) in [6, 6.07) is 5.47. The van der Waals surface area contributed by atoms with Crippen LogP contribution in [-0.2, 0) is 4.79 Å². The first-order chi connectivity index (χ1) is 10.1. The van der Waals surface area contributed by atoms with Gasteiger partial charge in [0.15, 0.2) is 0 Å². The van der Waals surface area contributed by atoms with Gasteiger partial charge in [-0.25, -0.2) is 0 Å². The van der Waals surface area contributed by atoms with Crippen LogP contribution >= 0.6 is 27.7 Å². The number of imide groups is 1. The summed E-state index contributed by atoms with van der Waals surface area (Å²) >= 11 is 4.30. The Morgan fingerprint density at radius 2 is 2.24 bits per heavy atom. The summed E-state index contributed by atoms with van der Waals surface area (Å²) in [6.45, 7) is 2.47. The number of carbonyl (C=O) groups is 2. The second-order valence-corrected chi connectivity index (χ2v) is 5.94. The van der Waals surface area contributed by atoms with Crippen LogP contribution in [0.2, 0.25) is 0 Å². The highest BCUT2D eigenvalue weighted by atomic mass is 79.9. The molecule has 1 aromatic rings. The fourth-order valence-corrected chi connectivity index (χ4v) is 3.11. The van der Waals surface area contributed by atoms with Crippen LogP contribution < -0.4 is 4.74 Å². The molecule has 0 atom stereocenters. The average Bonchev–Trinajstić information content (AvgIpc) is 2.70. The quantitative estimate of drug-likeness (QED) is 0.604. The van der Waals surface area contributed by atoms with Crippen LogP contribution in [0, 0.1) is 12.3 Å². The molecule has 0 aromatic heterocycles. The van der Waals surface area contributed by atoms with Gasteiger partial charge >= 0.3 is 0 Å². The highest BCUT2D eigenvalue weighted by Gasteiger charge is 2.34. The second-order valence-electron chi connectivity index (χ2n) is 4.09. The number of carbonyl (C=O) groups excluding carboxylic acids is 2. The Bertz CT molecular complexity index is 663. The number of nitrogens with zero attached hydrogens (tertiary/aromatic N) is 1. The second kappa shape index (κ2) is 6.83. The van der Waals surface area contributed by atoms with Gasteiger partial charge in [-0.05, 0) is 58.4 Å². The van der Waals surface area contributed by atoms with Crippen LogP contribution in [-0.4, -0.2) is 29.2 Å². The summed E-state index contributed by atoms with van der Waals surface area (Å²) < 4.78 is 6.22. The third kappa shape index (κ3) is 3.49. The summed E-state index contributed by atoms with van der Waals surface area (Å²) in [6.07, 6.45) is 6.82. The Morgan fingerprint density at radius 1 is 1.48 bits per heavy atom. The van der Waals surface area contributed by atoms with Crippen LogP contribution in [0.15, 0.2) is 27.6 Å². The minimum atomic E-state index is -0.354. The molecule has 4 nitrogen and oxygen atoms in total. The number of rotatable bonds is 4. The molecular weight excluding hydrogens is 354 g/mol. The van der Waals surface area contributed by atoms with Crippen molar-refractivity contribution in [2.24, 2.45) is 0 Å². The van der Waals surface area contributed by atoms with E-state index in [9.17, 15) is 9.59 Å². The molecule has 0 spiro atoms. The molecule has 2 amide bonds. The van der Waals surface area contributed by atoms with Gasteiger partial charge in [0.25, 0.3) is 11.1 Å². The minimum absolute atomic E-state index is 0.00498. The Hall–Kier alpha value is -1.71. The van der Waals surface area contributed by atoms with E-state index >= 15 is 0 Å². The summed E-state index contributed by atoms with van der Waals surface area (Å²) in [4.78, 5) is 25.2. The smallest absolute Gasteiger partial charge is 0.294 e. The molecule has 0 saturated carbocycles. The number of terminal acetylenes is 1. The predicted octanol–water partition coefficient (Wildman–Crippen LogP) is 3.52. The first-order valence-corrected chi connectivity index (χ1v) is 7.79. The Kier molecular flexibility index (Phi) is 5.10. The van der Waals surface area contributed by atoms with E-state index in [4.69, 9.17) is 11.2 Å². The summed E-state index contributed by atoms with van der Waals surface area (Å²) in [5.41, 5.74) is 0.802. The summed E-state index contributed by atoms with van der Waals surface area (Å²) in [7, 11) is 0. The van der Waals surface area contributed by atoms with Crippen molar-refractivity contribution in [2.45, 2.75) is 6.92 Å². The number of ether oxygens (including phenoxy) is 1. The minimum Gasteiger partial charge on any atom is -0.493 e. The number of halogens is 1. The molecule has 0 N–H and O–H groups in total. The van der Waals surface area contributed by atoms with E-state index < -0.39 is 0 Å². The third-order valence-electron chi connectivity index (χ3n) is 2.68. The molecule has 1 aliphatic heterocycles. The van der Waals surface area contributed by atoms with Crippen LogP contribution in [0.4, 0.5) is 4.79 Å². The Balaban J connectivity index is 2.25. The number of hydrogen-bond donors (Lipinski definition) is 0. The van der Waals surface area contributed by atoms with Gasteiger partial charge in [0, 0.05) is 0 Å². The van der Waals surface area contributed by atoms with Gasteiger partial charge in [0.1, 0.15) is 5.75 Å². The largest absolute Gasteiger partial charge is 0.493 e. The fraction of sp³-hybridized carbons (Fsp3) is 0.200. The highest BCUT2D eigenvalue weighted by Crippen LogP contribution is 2.33. The van der Waals surface area contributed by atoms with Crippen molar-refractivity contribution in [1.29, 1.82) is 0 Å². The zero-order chi connectivity index (χ0) is 15.4. The number of thioether (sulfide) groups is 1. The lowest BCUT2D eigenvalue weighted by Gasteiger charge is -2.07. The van der Waals surface area contributed by atoms with Crippen LogP contribution in [0.3, 0.4) is 0 Å². The first kappa shape index (κ1) is 15.7. The predicted molar refractivity (Wildman–Crippen MR) is 86.8 cm³/mol. The average molecular weight is 366 g/mol. The van der Waals surface area contributed by atoms with E-state index in [1.807, 2.05) is 25.1 Å². The van der Waals surface area contributed by atoms with E-state index in [-0.39, 0.29) is 17.7 Å². The van der Waals surface area contributed by atoms with Gasteiger partial charge in [-0.1, -0.05) is 12.0 Å². The normalized spacial score (nSPS) is 16.4. The maximum Gasteiger partial charge on any atom is 0.294 e. The molecule has 1 aromatic carbocycles. The van der Waals surface area contributed by atoms with Crippen molar-refractivity contribution in [1.82, 2.24) is 4.90 Å². The molecule has 1 aliphatic rings. The van der Waals surface area contributed by atoms with Crippen molar-refractivity contribution >= 4 is 44.9 Å². The molecule has 6 heteroatoms. The Morgan fingerprint density at radius 3 is 2.86 bits per heavy atom. The monoisotopic (exact) mass is 365 g/mol. The lowest BCUT2D eigenvalue weighted by atomic mass is 10.2. The molecule has 0 radical (unpaired) electrons. The van der Waals surface area contributed by atoms with Crippen LogP contribution in [0.1, 0.15) is 12.5 Å². The van der Waals surface area contributed by atoms with E-state index in [1.165, 1.54) is 0 Å². The zero-order valence-corrected chi connectivity index (χ0v) is 13.7. The van der Waals surface area contributed by atoms with Crippen molar-refractivity contribution < 1.29 is 14.3 Å². The van der Waals surface area contributed by atoms with Crippen molar-refractivity contribution in [2.75, 3.05) is 13.2 Å². The molecule has 108 valence electrons. The molecule has 0 bridgehead atoms. The van der Waals surface area contributed by atoms with E-state index in [0.29, 0.717) is 11.5 Å². The maximum atomic E-state index is 12.0. The highest BCUT2D eigenvalue weighted by molar-refractivity contribution is 9.10. The number of hydrogen-bond acceptors (Lipinski definition) is 4. The third-order valence-corrected chi connectivity index (χ3v) is 4.20. The zero-order valence-electron chi connectivity index (χ0n) is 11.3. The molecule has 21 heavy (non-hydrogen) atoms. The SMILES string of the molecule is C#CCN1C(=O)S/C(=C\c2ccc(OCC)c(Br)c2)C1=O. The lowest BCUT2D eigenvalue weighted by Crippen LogP contribution is -2.28. The van der Waals surface area contributed by atoms with Gasteiger partial charge in [-0.2, -0.15) is 0 Å². The topological polar surface area (TPSA) is 46.6 Å². The lowest BCUT2D eigenvalue weighted by molar-refractivity contribution is -0.122. The van der Waals surface area contributed by atoms with Gasteiger partial charge in [-0.3, -0.25) is 14.5 Å². The van der Waals surface area contributed by atoms with Gasteiger partial charge in [0.05, 0.1) is 22.5 Å². The first-order valence-electron chi connectivity index (χ1n) is 6.18. The molecular formula is C15H12BrNO3S. The molecule has 0 aliphatic carbocycles. The van der Waals surface area contributed by atoms with Crippen molar-refractivity contribution in [3.05, 3.63) is 33.1 Å². The fourth-order valence-electron chi connectivity index (χ4n) is 1.76. The van der Waals surface area contributed by atoms with Gasteiger partial charge < -0.3 is 4.74 Å². The van der Waals surface area contributed by atoms with Crippen molar-refractivity contribution in [3.8, 4) is 18.1 Å². The molecule has 1 heterocycles. The molecule has 2 rings (SSSR count). The summed E-state index contributed by atoms with van der Waals surface area (Å²) in [5, 5.41) is -0.339. The Labute approximate surface area is 135 Å². The van der Waals surface area contributed by atoms with Crippen molar-refractivity contribution in [3.63, 3.8) is 0 Å². The standard InChI is InChI=1S/C15H12BrNO3S/c1-3-7-17-14(18)13(21-15(17)19)9-10-5-6-12(20-4-2)11(16)8-10/h1,5-6,8-9H,4,7H2,2H3/b13-9-. The maximum absolute atomic E-state index is 12.0. The van der Waals surface area contributed by atoms with Crippen LogP contribution in [0.25, 0.3) is 6.08 Å². The van der Waals surface area contributed by atoms with E-state index in [1.54, 1.807) is 6.08 Å². The molecule has 1 fully saturated rings. The van der Waals surface area contributed by atoms with Gasteiger partial charge in [-0.15, -0.1) is 6.42 Å². The number of amides is 2.